The molecule has 2 N–H and O–H groups in total. The molecule has 1 aromatic rings. The summed E-state index contributed by atoms with van der Waals surface area (Å²) in [5, 5.41) is 11.2. The molecule has 102 valence electrons. The predicted molar refractivity (Wildman–Crippen MR) is 70.7 cm³/mol. The Morgan fingerprint density at radius 3 is 2.28 bits per heavy atom. The van der Waals surface area contributed by atoms with E-state index in [1.165, 1.54) is 26.6 Å². The molecule has 0 aliphatic heterocycles. The SMILES string of the molecule is CC=O.CCc1cccc(O)c1.CNC(=O)OC. The molecule has 1 amide bonds. The van der Waals surface area contributed by atoms with E-state index in [0.717, 1.165) is 12.7 Å². The second kappa shape index (κ2) is 13.0. The van der Waals surface area contributed by atoms with Crippen molar-refractivity contribution >= 4 is 12.4 Å². The molecule has 0 fully saturated rings. The van der Waals surface area contributed by atoms with Gasteiger partial charge in [0.05, 0.1) is 7.11 Å². The summed E-state index contributed by atoms with van der Waals surface area (Å²) in [6, 6.07) is 7.31. The van der Waals surface area contributed by atoms with Gasteiger partial charge in [-0.05, 0) is 31.0 Å². The average Bonchev–Trinajstić information content (AvgIpc) is 2.39. The molecule has 18 heavy (non-hydrogen) atoms. The van der Waals surface area contributed by atoms with E-state index < -0.39 is 6.09 Å². The minimum absolute atomic E-state index is 0.356. The number of aryl methyl sites for hydroxylation is 1. The molecule has 0 heterocycles. The second-order valence-electron chi connectivity index (χ2n) is 3.00. The number of aldehydes is 1. The first-order valence-corrected chi connectivity index (χ1v) is 5.49. The monoisotopic (exact) mass is 255 g/mol. The molecule has 1 aromatic carbocycles. The quantitative estimate of drug-likeness (QED) is 0.754. The summed E-state index contributed by atoms with van der Waals surface area (Å²) in [5.41, 5.74) is 1.18. The molecule has 0 aromatic heterocycles. The van der Waals surface area contributed by atoms with Gasteiger partial charge in [-0.1, -0.05) is 19.1 Å². The summed E-state index contributed by atoms with van der Waals surface area (Å²) in [7, 11) is 2.82. The lowest BCUT2D eigenvalue weighted by atomic mass is 10.2. The maximum absolute atomic E-state index is 9.85. The van der Waals surface area contributed by atoms with Gasteiger partial charge in [0.25, 0.3) is 0 Å². The van der Waals surface area contributed by atoms with E-state index in [-0.39, 0.29) is 0 Å². The molecular weight excluding hydrogens is 234 g/mol. The van der Waals surface area contributed by atoms with Crippen molar-refractivity contribution in [2.75, 3.05) is 14.2 Å². The molecule has 0 spiro atoms. The van der Waals surface area contributed by atoms with Gasteiger partial charge in [-0.3, -0.25) is 0 Å². The van der Waals surface area contributed by atoms with E-state index in [2.05, 4.69) is 17.0 Å². The number of amides is 1. The number of nitrogens with one attached hydrogen (secondary N) is 1. The first kappa shape index (κ1) is 18.3. The predicted octanol–water partition coefficient (Wildman–Crippen LogP) is 2.13. The summed E-state index contributed by atoms with van der Waals surface area (Å²) < 4.78 is 4.15. The molecule has 0 aliphatic carbocycles. The highest BCUT2D eigenvalue weighted by molar-refractivity contribution is 5.66. The van der Waals surface area contributed by atoms with Crippen LogP contribution in [0, 0.1) is 0 Å². The Balaban J connectivity index is 0. The maximum atomic E-state index is 9.85. The third kappa shape index (κ3) is 12.0. The van der Waals surface area contributed by atoms with Crippen LogP contribution in [0.15, 0.2) is 24.3 Å². The average molecular weight is 255 g/mol. The number of methoxy groups -OCH3 is 1. The van der Waals surface area contributed by atoms with E-state index in [4.69, 9.17) is 9.90 Å². The zero-order valence-electron chi connectivity index (χ0n) is 11.3. The number of benzene rings is 1. The Morgan fingerprint density at radius 2 is 2.06 bits per heavy atom. The zero-order valence-corrected chi connectivity index (χ0v) is 11.3. The smallest absolute Gasteiger partial charge is 0.406 e. The van der Waals surface area contributed by atoms with Gasteiger partial charge in [-0.2, -0.15) is 0 Å². The third-order valence-electron chi connectivity index (χ3n) is 1.71. The number of carbonyl (C=O) groups is 2. The first-order chi connectivity index (χ1) is 8.55. The van der Waals surface area contributed by atoms with Crippen LogP contribution in [-0.4, -0.2) is 31.6 Å². The Morgan fingerprint density at radius 1 is 1.50 bits per heavy atom. The summed E-state index contributed by atoms with van der Waals surface area (Å²) in [6.07, 6.45) is 1.32. The van der Waals surface area contributed by atoms with Crippen molar-refractivity contribution in [2.24, 2.45) is 0 Å². The Hall–Kier alpha value is -2.04. The van der Waals surface area contributed by atoms with Gasteiger partial charge in [-0.25, -0.2) is 4.79 Å². The van der Waals surface area contributed by atoms with Gasteiger partial charge >= 0.3 is 6.09 Å². The van der Waals surface area contributed by atoms with Crippen molar-refractivity contribution in [3.63, 3.8) is 0 Å². The fraction of sp³-hybridized carbons (Fsp3) is 0.385. The molecule has 0 unspecified atom stereocenters. The van der Waals surface area contributed by atoms with Gasteiger partial charge in [0.1, 0.15) is 12.0 Å². The maximum Gasteiger partial charge on any atom is 0.406 e. The number of rotatable bonds is 1. The number of aromatic hydroxyl groups is 1. The van der Waals surface area contributed by atoms with E-state index in [0.29, 0.717) is 5.75 Å². The van der Waals surface area contributed by atoms with Crippen LogP contribution < -0.4 is 5.32 Å². The minimum Gasteiger partial charge on any atom is -0.508 e. The lowest BCUT2D eigenvalue weighted by molar-refractivity contribution is -0.106. The largest absolute Gasteiger partial charge is 0.508 e. The molecular formula is C13H21NO4. The van der Waals surface area contributed by atoms with Crippen LogP contribution in [0.25, 0.3) is 0 Å². The number of ether oxygens (including phenoxy) is 1. The Labute approximate surface area is 108 Å². The van der Waals surface area contributed by atoms with Crippen molar-refractivity contribution in [1.82, 2.24) is 5.32 Å². The summed E-state index contributed by atoms with van der Waals surface area (Å²) in [4.78, 5) is 18.7. The number of hydrogen-bond donors (Lipinski definition) is 2. The molecule has 0 radical (unpaired) electrons. The van der Waals surface area contributed by atoms with Crippen molar-refractivity contribution in [2.45, 2.75) is 20.3 Å². The van der Waals surface area contributed by atoms with Crippen molar-refractivity contribution in [3.8, 4) is 5.75 Å². The van der Waals surface area contributed by atoms with Crippen LogP contribution in [0.2, 0.25) is 0 Å². The van der Waals surface area contributed by atoms with Crippen molar-refractivity contribution in [1.29, 1.82) is 0 Å². The van der Waals surface area contributed by atoms with Crippen molar-refractivity contribution < 1.29 is 19.4 Å². The fourth-order valence-corrected chi connectivity index (χ4v) is 0.878. The zero-order chi connectivity index (χ0) is 14.4. The van der Waals surface area contributed by atoms with E-state index in [1.54, 1.807) is 12.1 Å². The number of alkyl carbamates (subject to hydrolysis) is 1. The first-order valence-electron chi connectivity index (χ1n) is 5.49. The molecule has 0 saturated heterocycles. The number of phenolic OH excluding ortho intramolecular Hbond substituents is 1. The van der Waals surface area contributed by atoms with Crippen LogP contribution in [0.1, 0.15) is 19.4 Å². The summed E-state index contributed by atoms with van der Waals surface area (Å²) in [6.45, 7) is 3.51. The molecule has 0 bridgehead atoms. The van der Waals surface area contributed by atoms with Crippen LogP contribution in [0.4, 0.5) is 4.79 Å². The number of carbonyl (C=O) groups excluding carboxylic acids is 2. The fourth-order valence-electron chi connectivity index (χ4n) is 0.878. The van der Waals surface area contributed by atoms with Crippen LogP contribution in [0.5, 0.6) is 5.75 Å². The highest BCUT2D eigenvalue weighted by Crippen LogP contribution is 2.10. The molecule has 0 atom stereocenters. The van der Waals surface area contributed by atoms with Gasteiger partial charge in [-0.15, -0.1) is 0 Å². The topological polar surface area (TPSA) is 75.6 Å². The van der Waals surface area contributed by atoms with Crippen LogP contribution in [-0.2, 0) is 16.0 Å². The normalized spacial score (nSPS) is 7.78. The van der Waals surface area contributed by atoms with Crippen molar-refractivity contribution in [3.05, 3.63) is 29.8 Å². The number of hydrogen-bond acceptors (Lipinski definition) is 4. The van der Waals surface area contributed by atoms with E-state index >= 15 is 0 Å². The molecule has 5 heteroatoms. The van der Waals surface area contributed by atoms with Crippen LogP contribution >= 0.6 is 0 Å². The summed E-state index contributed by atoms with van der Waals surface area (Å²) in [5.74, 6) is 0.356. The molecule has 5 nitrogen and oxygen atoms in total. The standard InChI is InChI=1S/C8H10O.C3H7NO2.C2H4O/c1-2-7-4-3-5-8(9)6-7;1-4-3(5)6-2;1-2-3/h3-6,9H,2H2,1H3;1-2H3,(H,4,5);2H,1H3. The highest BCUT2D eigenvalue weighted by Gasteiger charge is 1.87. The third-order valence-corrected chi connectivity index (χ3v) is 1.71. The Bertz CT molecular complexity index is 334. The highest BCUT2D eigenvalue weighted by atomic mass is 16.5. The van der Waals surface area contributed by atoms with E-state index in [9.17, 15) is 4.79 Å². The van der Waals surface area contributed by atoms with Gasteiger partial charge in [0.15, 0.2) is 0 Å². The molecule has 0 saturated carbocycles. The van der Waals surface area contributed by atoms with Gasteiger partial charge in [0, 0.05) is 7.05 Å². The lowest BCUT2D eigenvalue weighted by Crippen LogP contribution is -2.16. The second-order valence-corrected chi connectivity index (χ2v) is 3.00. The van der Waals surface area contributed by atoms with Gasteiger partial charge in [0.2, 0.25) is 0 Å². The summed E-state index contributed by atoms with van der Waals surface area (Å²) >= 11 is 0. The van der Waals surface area contributed by atoms with Gasteiger partial charge < -0.3 is 20.0 Å². The minimum atomic E-state index is -0.407. The van der Waals surface area contributed by atoms with E-state index in [1.807, 2.05) is 12.1 Å². The molecule has 1 rings (SSSR count). The molecule has 0 aliphatic rings. The number of phenols is 1. The lowest BCUT2D eigenvalue weighted by Gasteiger charge is -1.94. The Kier molecular flexibility index (Phi) is 13.3. The van der Waals surface area contributed by atoms with Crippen LogP contribution in [0.3, 0.4) is 0 Å².